The molecule has 0 saturated carbocycles. The van der Waals surface area contributed by atoms with E-state index in [2.05, 4.69) is 12.6 Å². The lowest BCUT2D eigenvalue weighted by Crippen LogP contribution is -2.21. The predicted octanol–water partition coefficient (Wildman–Crippen LogP) is 2.85. The first-order valence-electron chi connectivity index (χ1n) is 6.58. The van der Waals surface area contributed by atoms with E-state index in [-0.39, 0.29) is 5.69 Å². The highest BCUT2D eigenvalue weighted by Gasteiger charge is 1.98. The maximum absolute atomic E-state index is 11.5. The molecule has 17 heavy (non-hydrogen) atoms. The van der Waals surface area contributed by atoms with E-state index in [0.29, 0.717) is 0 Å². The summed E-state index contributed by atoms with van der Waals surface area (Å²) in [4.78, 5) is 11.5. The number of rotatable bonds is 9. The van der Waals surface area contributed by atoms with Crippen molar-refractivity contribution in [3.63, 3.8) is 0 Å². The van der Waals surface area contributed by atoms with Gasteiger partial charge < -0.3 is 4.57 Å². The second-order valence-corrected chi connectivity index (χ2v) is 5.03. The van der Waals surface area contributed by atoms with Crippen molar-refractivity contribution < 1.29 is 0 Å². The highest BCUT2D eigenvalue weighted by Crippen LogP contribution is 2.08. The van der Waals surface area contributed by atoms with E-state index in [0.717, 1.165) is 18.7 Å². The molecule has 0 bridgehead atoms. The van der Waals surface area contributed by atoms with Crippen molar-refractivity contribution in [2.75, 3.05) is 5.75 Å². The Morgan fingerprint density at radius 2 is 1.59 bits per heavy atom. The summed E-state index contributed by atoms with van der Waals surface area (Å²) in [7, 11) is 1.79. The van der Waals surface area contributed by atoms with Gasteiger partial charge in [0.1, 0.15) is 0 Å². The number of thiol groups is 1. The molecule has 1 rings (SSSR count). The monoisotopic (exact) mass is 256 g/mol. The summed E-state index contributed by atoms with van der Waals surface area (Å²) >= 11 is 4.20. The zero-order valence-corrected chi connectivity index (χ0v) is 11.7. The highest BCUT2D eigenvalue weighted by atomic mass is 32.1. The van der Waals surface area contributed by atoms with Crippen LogP contribution in [-0.4, -0.2) is 14.9 Å². The Kier molecular flexibility index (Phi) is 7.17. The summed E-state index contributed by atoms with van der Waals surface area (Å²) in [5.74, 6) is 1.01. The van der Waals surface area contributed by atoms with Gasteiger partial charge in [-0.25, -0.2) is 4.79 Å². The molecule has 4 heteroatoms. The van der Waals surface area contributed by atoms with Crippen LogP contribution in [0.2, 0.25) is 0 Å². The molecule has 0 atom stereocenters. The standard InChI is InChI=1S/C13H24N2OS/c1-14-10-11-15(13(14)16)9-7-5-3-2-4-6-8-12-17/h10-11,17H,2-9,12H2,1H3. The van der Waals surface area contributed by atoms with Crippen LogP contribution < -0.4 is 5.69 Å². The maximum Gasteiger partial charge on any atom is 0.327 e. The summed E-state index contributed by atoms with van der Waals surface area (Å²) in [6.45, 7) is 0.857. The van der Waals surface area contributed by atoms with Crippen LogP contribution in [0.15, 0.2) is 17.2 Å². The molecule has 1 aromatic rings. The lowest BCUT2D eigenvalue weighted by molar-refractivity contribution is 0.540. The van der Waals surface area contributed by atoms with Crippen LogP contribution in [0.1, 0.15) is 44.9 Å². The van der Waals surface area contributed by atoms with Crippen LogP contribution in [0.4, 0.5) is 0 Å². The van der Waals surface area contributed by atoms with Gasteiger partial charge in [-0.2, -0.15) is 12.6 Å². The van der Waals surface area contributed by atoms with Crippen LogP contribution in [0, 0.1) is 0 Å². The van der Waals surface area contributed by atoms with E-state index in [1.807, 2.05) is 12.4 Å². The van der Waals surface area contributed by atoms with Gasteiger partial charge in [0.25, 0.3) is 0 Å². The molecule has 0 aliphatic rings. The SMILES string of the molecule is Cn1ccn(CCCCCCCCCS)c1=O. The highest BCUT2D eigenvalue weighted by molar-refractivity contribution is 7.80. The van der Waals surface area contributed by atoms with E-state index < -0.39 is 0 Å². The number of nitrogens with zero attached hydrogens (tertiary/aromatic N) is 2. The Labute approximate surface area is 109 Å². The van der Waals surface area contributed by atoms with E-state index in [1.165, 1.54) is 38.5 Å². The fraction of sp³-hybridized carbons (Fsp3) is 0.769. The molecule has 0 amide bonds. The molecule has 1 heterocycles. The number of hydrogen-bond acceptors (Lipinski definition) is 2. The minimum Gasteiger partial charge on any atom is -0.302 e. The minimum atomic E-state index is 0.0961. The first kappa shape index (κ1) is 14.4. The molecule has 0 spiro atoms. The van der Waals surface area contributed by atoms with Gasteiger partial charge in [-0.1, -0.05) is 32.1 Å². The van der Waals surface area contributed by atoms with Crippen molar-refractivity contribution in [3.8, 4) is 0 Å². The fourth-order valence-corrected chi connectivity index (χ4v) is 2.18. The Morgan fingerprint density at radius 1 is 1.00 bits per heavy atom. The smallest absolute Gasteiger partial charge is 0.302 e. The number of aromatic nitrogens is 2. The lowest BCUT2D eigenvalue weighted by Gasteiger charge is -2.02. The molecule has 0 aliphatic carbocycles. The molecule has 0 radical (unpaired) electrons. The second-order valence-electron chi connectivity index (χ2n) is 4.58. The molecular formula is C13H24N2OS. The maximum atomic E-state index is 11.5. The second kappa shape index (κ2) is 8.45. The number of imidazole rings is 1. The van der Waals surface area contributed by atoms with Gasteiger partial charge in [-0.3, -0.25) is 4.57 Å². The Hall–Kier alpha value is -0.640. The van der Waals surface area contributed by atoms with Crippen LogP contribution in [0.3, 0.4) is 0 Å². The molecular weight excluding hydrogens is 232 g/mol. The molecule has 1 aromatic heterocycles. The molecule has 0 aliphatic heterocycles. The van der Waals surface area contributed by atoms with Crippen LogP contribution >= 0.6 is 12.6 Å². The number of hydrogen-bond donors (Lipinski definition) is 1. The summed E-state index contributed by atoms with van der Waals surface area (Å²) in [5, 5.41) is 0. The summed E-state index contributed by atoms with van der Waals surface area (Å²) in [6, 6.07) is 0. The van der Waals surface area contributed by atoms with Gasteiger partial charge in [0, 0.05) is 26.0 Å². The van der Waals surface area contributed by atoms with Gasteiger partial charge >= 0.3 is 5.69 Å². The van der Waals surface area contributed by atoms with E-state index >= 15 is 0 Å². The topological polar surface area (TPSA) is 26.9 Å². The predicted molar refractivity (Wildman–Crippen MR) is 75.8 cm³/mol. The Morgan fingerprint density at radius 3 is 2.12 bits per heavy atom. The zero-order chi connectivity index (χ0) is 12.5. The summed E-state index contributed by atoms with van der Waals surface area (Å²) in [6.07, 6.45) is 12.5. The molecule has 0 N–H and O–H groups in total. The average Bonchev–Trinajstić information content (AvgIpc) is 2.64. The van der Waals surface area contributed by atoms with E-state index in [4.69, 9.17) is 0 Å². The van der Waals surface area contributed by atoms with Crippen molar-refractivity contribution >= 4 is 12.6 Å². The molecule has 0 fully saturated rings. The van der Waals surface area contributed by atoms with Gasteiger partial charge in [0.15, 0.2) is 0 Å². The molecule has 0 aromatic carbocycles. The first-order valence-corrected chi connectivity index (χ1v) is 7.21. The van der Waals surface area contributed by atoms with Crippen LogP contribution in [0.25, 0.3) is 0 Å². The van der Waals surface area contributed by atoms with Gasteiger partial charge in [-0.15, -0.1) is 0 Å². The third-order valence-corrected chi connectivity index (χ3v) is 3.39. The molecule has 3 nitrogen and oxygen atoms in total. The number of unbranched alkanes of at least 4 members (excludes halogenated alkanes) is 6. The van der Waals surface area contributed by atoms with E-state index in [9.17, 15) is 4.79 Å². The summed E-state index contributed by atoms with van der Waals surface area (Å²) in [5.41, 5.74) is 0.0961. The first-order chi connectivity index (χ1) is 8.25. The normalized spacial score (nSPS) is 10.9. The van der Waals surface area contributed by atoms with Crippen molar-refractivity contribution in [3.05, 3.63) is 22.9 Å². The Bertz CT molecular complexity index is 357. The van der Waals surface area contributed by atoms with Crippen molar-refractivity contribution in [2.45, 2.75) is 51.5 Å². The molecule has 98 valence electrons. The average molecular weight is 256 g/mol. The lowest BCUT2D eigenvalue weighted by atomic mass is 10.1. The van der Waals surface area contributed by atoms with E-state index in [1.54, 1.807) is 16.2 Å². The van der Waals surface area contributed by atoms with Crippen molar-refractivity contribution in [1.29, 1.82) is 0 Å². The van der Waals surface area contributed by atoms with Crippen molar-refractivity contribution in [2.24, 2.45) is 7.05 Å². The van der Waals surface area contributed by atoms with Crippen LogP contribution in [0.5, 0.6) is 0 Å². The molecule has 0 saturated heterocycles. The zero-order valence-electron chi connectivity index (χ0n) is 10.8. The summed E-state index contributed by atoms with van der Waals surface area (Å²) < 4.78 is 3.42. The van der Waals surface area contributed by atoms with Gasteiger partial charge in [0.05, 0.1) is 0 Å². The van der Waals surface area contributed by atoms with Crippen molar-refractivity contribution in [1.82, 2.24) is 9.13 Å². The number of aryl methyl sites for hydroxylation is 2. The molecule has 0 unspecified atom stereocenters. The largest absolute Gasteiger partial charge is 0.327 e. The Balaban J connectivity index is 2.01. The minimum absolute atomic E-state index is 0.0961. The third-order valence-electron chi connectivity index (χ3n) is 3.07. The fourth-order valence-electron chi connectivity index (χ4n) is 1.96. The van der Waals surface area contributed by atoms with Gasteiger partial charge in [-0.05, 0) is 18.6 Å². The van der Waals surface area contributed by atoms with Crippen LogP contribution in [-0.2, 0) is 13.6 Å². The van der Waals surface area contributed by atoms with Gasteiger partial charge in [0.2, 0.25) is 0 Å². The quantitative estimate of drug-likeness (QED) is 0.534. The third kappa shape index (κ3) is 5.48.